The van der Waals surface area contributed by atoms with Gasteiger partial charge in [-0.15, -0.1) is 0 Å². The van der Waals surface area contributed by atoms with Gasteiger partial charge in [-0.3, -0.25) is 15.6 Å². The van der Waals surface area contributed by atoms with Crippen molar-refractivity contribution in [3.05, 3.63) is 53.1 Å². The fraction of sp³-hybridized carbons (Fsp3) is 0.200. The van der Waals surface area contributed by atoms with E-state index in [1.165, 1.54) is 58.8 Å². The molecule has 0 atom stereocenters. The maximum absolute atomic E-state index is 12.4. The highest BCUT2D eigenvalue weighted by Gasteiger charge is 2.15. The van der Waals surface area contributed by atoms with Crippen molar-refractivity contribution in [2.45, 2.75) is 0 Å². The van der Waals surface area contributed by atoms with E-state index in [4.69, 9.17) is 21.7 Å². The van der Waals surface area contributed by atoms with E-state index in [9.17, 15) is 14.4 Å². The van der Waals surface area contributed by atoms with Crippen LogP contribution in [0.1, 0.15) is 31.1 Å². The summed E-state index contributed by atoms with van der Waals surface area (Å²) in [6.45, 7) is 0. The van der Waals surface area contributed by atoms with Gasteiger partial charge in [-0.2, -0.15) is 0 Å². The first-order valence-corrected chi connectivity index (χ1v) is 9.14. The van der Waals surface area contributed by atoms with Crippen LogP contribution in [0.2, 0.25) is 0 Å². The molecule has 0 heterocycles. The summed E-state index contributed by atoms with van der Waals surface area (Å²) in [6.07, 6.45) is 0. The number of carbonyl (C=O) groups excluding carboxylic acids is 3. The Morgan fingerprint density at radius 2 is 1.23 bits per heavy atom. The number of esters is 2. The number of nitrogens with one attached hydrogen (secondary N) is 3. The summed E-state index contributed by atoms with van der Waals surface area (Å²) in [4.78, 5) is 36.1. The van der Waals surface area contributed by atoms with Crippen molar-refractivity contribution in [2.75, 3.05) is 33.8 Å². The molecule has 2 aromatic carbocycles. The molecule has 0 radical (unpaired) electrons. The van der Waals surface area contributed by atoms with Gasteiger partial charge in [0.15, 0.2) is 5.11 Å². The van der Waals surface area contributed by atoms with E-state index in [2.05, 4.69) is 25.6 Å². The van der Waals surface area contributed by atoms with E-state index in [1.54, 1.807) is 6.07 Å². The van der Waals surface area contributed by atoms with Crippen LogP contribution in [0.3, 0.4) is 0 Å². The quantitative estimate of drug-likeness (QED) is 0.344. The maximum Gasteiger partial charge on any atom is 0.337 e. The third-order valence-electron chi connectivity index (χ3n) is 3.94. The molecule has 0 unspecified atom stereocenters. The number of anilines is 1. The summed E-state index contributed by atoms with van der Waals surface area (Å²) >= 11 is 5.16. The van der Waals surface area contributed by atoms with Crippen LogP contribution >= 0.6 is 12.2 Å². The maximum atomic E-state index is 12.4. The smallest absolute Gasteiger partial charge is 0.337 e. The van der Waals surface area contributed by atoms with Crippen molar-refractivity contribution in [3.8, 4) is 11.5 Å². The molecule has 2 rings (SSSR count). The average Bonchev–Trinajstić information content (AvgIpc) is 2.80. The first-order valence-electron chi connectivity index (χ1n) is 8.73. The van der Waals surface area contributed by atoms with Crippen molar-refractivity contribution in [1.82, 2.24) is 10.9 Å². The third kappa shape index (κ3) is 6.31. The zero-order valence-electron chi connectivity index (χ0n) is 17.2. The van der Waals surface area contributed by atoms with E-state index >= 15 is 0 Å². The van der Waals surface area contributed by atoms with Crippen LogP contribution < -0.4 is 25.6 Å². The van der Waals surface area contributed by atoms with Crippen LogP contribution in [-0.4, -0.2) is 51.4 Å². The lowest BCUT2D eigenvalue weighted by Gasteiger charge is -2.14. The average molecular weight is 447 g/mol. The zero-order chi connectivity index (χ0) is 23.0. The molecule has 0 spiro atoms. The molecule has 0 aliphatic heterocycles. The molecule has 0 saturated heterocycles. The molecule has 10 nitrogen and oxygen atoms in total. The summed E-state index contributed by atoms with van der Waals surface area (Å²) in [6, 6.07) is 8.87. The van der Waals surface area contributed by atoms with Crippen LogP contribution in [0.15, 0.2) is 36.4 Å². The number of hydrogen-bond acceptors (Lipinski definition) is 8. The number of hydrogen-bond donors (Lipinski definition) is 3. The lowest BCUT2D eigenvalue weighted by atomic mass is 10.1. The third-order valence-corrected chi connectivity index (χ3v) is 4.14. The number of rotatable bonds is 6. The fourth-order valence-corrected chi connectivity index (χ4v) is 2.63. The van der Waals surface area contributed by atoms with Gasteiger partial charge in [-0.1, -0.05) is 0 Å². The van der Waals surface area contributed by atoms with Crippen molar-refractivity contribution in [3.63, 3.8) is 0 Å². The van der Waals surface area contributed by atoms with Crippen LogP contribution in [0.4, 0.5) is 5.69 Å². The number of thiocarbonyl (C=S) groups is 1. The number of amides is 1. The number of methoxy groups -OCH3 is 4. The van der Waals surface area contributed by atoms with Gasteiger partial charge in [0.2, 0.25) is 0 Å². The number of ether oxygens (including phenoxy) is 4. The standard InChI is InChI=1S/C20H21N3O7S/c1-27-15-8-11(9-16(10-15)28-2)17(24)22-23-20(31)21-14-6-12(18(25)29-3)5-13(7-14)19(26)30-4/h5-10H,1-4H3,(H,22,24)(H2,21,23,31). The molecular weight excluding hydrogens is 426 g/mol. The molecule has 31 heavy (non-hydrogen) atoms. The van der Waals surface area contributed by atoms with Crippen molar-refractivity contribution in [1.29, 1.82) is 0 Å². The van der Waals surface area contributed by atoms with E-state index in [1.807, 2.05) is 0 Å². The molecular formula is C20H21N3O7S. The fourth-order valence-electron chi connectivity index (χ4n) is 2.46. The van der Waals surface area contributed by atoms with Crippen LogP contribution in [0.25, 0.3) is 0 Å². The molecule has 1 amide bonds. The summed E-state index contributed by atoms with van der Waals surface area (Å²) in [5.41, 5.74) is 5.77. The van der Waals surface area contributed by atoms with Crippen LogP contribution in [-0.2, 0) is 9.47 Å². The minimum Gasteiger partial charge on any atom is -0.497 e. The highest BCUT2D eigenvalue weighted by molar-refractivity contribution is 7.80. The van der Waals surface area contributed by atoms with Gasteiger partial charge >= 0.3 is 11.9 Å². The normalized spacial score (nSPS) is 9.81. The largest absolute Gasteiger partial charge is 0.497 e. The van der Waals surface area contributed by atoms with Crippen LogP contribution in [0, 0.1) is 0 Å². The lowest BCUT2D eigenvalue weighted by Crippen LogP contribution is -2.43. The van der Waals surface area contributed by atoms with Gasteiger partial charge in [0.1, 0.15) is 11.5 Å². The molecule has 0 aliphatic rings. The van der Waals surface area contributed by atoms with Crippen LogP contribution in [0.5, 0.6) is 11.5 Å². The van der Waals surface area contributed by atoms with Gasteiger partial charge in [-0.25, -0.2) is 9.59 Å². The van der Waals surface area contributed by atoms with Crippen molar-refractivity contribution < 1.29 is 33.3 Å². The summed E-state index contributed by atoms with van der Waals surface area (Å²) < 4.78 is 19.6. The Balaban J connectivity index is 2.11. The number of carbonyl (C=O) groups is 3. The molecule has 0 aromatic heterocycles. The summed E-state index contributed by atoms with van der Waals surface area (Å²) in [7, 11) is 5.38. The number of benzene rings is 2. The van der Waals surface area contributed by atoms with E-state index < -0.39 is 17.8 Å². The van der Waals surface area contributed by atoms with Gasteiger partial charge in [0.05, 0.1) is 39.6 Å². The molecule has 2 aromatic rings. The van der Waals surface area contributed by atoms with Crippen molar-refractivity contribution in [2.24, 2.45) is 0 Å². The van der Waals surface area contributed by atoms with Gasteiger partial charge < -0.3 is 24.3 Å². The van der Waals surface area contributed by atoms with E-state index in [0.29, 0.717) is 17.2 Å². The Bertz CT molecular complexity index is 954. The predicted molar refractivity (Wildman–Crippen MR) is 115 cm³/mol. The van der Waals surface area contributed by atoms with E-state index in [-0.39, 0.29) is 21.8 Å². The molecule has 0 saturated carbocycles. The Morgan fingerprint density at radius 3 is 1.68 bits per heavy atom. The second kappa shape index (κ2) is 10.8. The predicted octanol–water partition coefficient (Wildman–Crippen LogP) is 1.91. The summed E-state index contributed by atoms with van der Waals surface area (Å²) in [5.74, 6) is -0.902. The molecule has 3 N–H and O–H groups in total. The SMILES string of the molecule is COC(=O)c1cc(NC(=S)NNC(=O)c2cc(OC)cc(OC)c2)cc(C(=O)OC)c1. The minimum atomic E-state index is -0.645. The lowest BCUT2D eigenvalue weighted by molar-refractivity contribution is 0.0599. The second-order valence-corrected chi connectivity index (χ2v) is 6.33. The molecule has 0 fully saturated rings. The summed E-state index contributed by atoms with van der Waals surface area (Å²) in [5, 5.41) is 2.77. The van der Waals surface area contributed by atoms with Gasteiger partial charge in [0, 0.05) is 17.3 Å². The molecule has 164 valence electrons. The first kappa shape index (κ1) is 23.4. The molecule has 11 heteroatoms. The molecule has 0 bridgehead atoms. The van der Waals surface area contributed by atoms with Gasteiger partial charge in [0.25, 0.3) is 5.91 Å². The van der Waals surface area contributed by atoms with Gasteiger partial charge in [-0.05, 0) is 42.5 Å². The topological polar surface area (TPSA) is 124 Å². The van der Waals surface area contributed by atoms with Crippen molar-refractivity contribution >= 4 is 40.9 Å². The minimum absolute atomic E-state index is 0.000966. The first-order chi connectivity index (χ1) is 14.8. The van der Waals surface area contributed by atoms with E-state index in [0.717, 1.165) is 0 Å². The highest BCUT2D eigenvalue weighted by Crippen LogP contribution is 2.22. The Morgan fingerprint density at radius 1 is 0.710 bits per heavy atom. The second-order valence-electron chi connectivity index (χ2n) is 5.92. The monoisotopic (exact) mass is 447 g/mol. The Hall–Kier alpha value is -3.86. The number of hydrazine groups is 1. The highest BCUT2D eigenvalue weighted by atomic mass is 32.1. The zero-order valence-corrected chi connectivity index (χ0v) is 18.0. The molecule has 0 aliphatic carbocycles. The Kier molecular flexibility index (Phi) is 8.15. The Labute approximate surface area is 183 Å².